The number of aromatic nitrogens is 1. The molecule has 1 aliphatic carbocycles. The van der Waals surface area contributed by atoms with Gasteiger partial charge in [0.2, 0.25) is 0 Å². The summed E-state index contributed by atoms with van der Waals surface area (Å²) in [6.45, 7) is 2.67. The SMILES string of the molecule is CC(CN)(Nc1ccc2cc([N+](=O)[O-])ccc2n1)C1CC1. The second kappa shape index (κ2) is 4.96. The summed E-state index contributed by atoms with van der Waals surface area (Å²) in [7, 11) is 0. The average Bonchev–Trinajstić information content (AvgIpc) is 3.31. The molecule has 1 heterocycles. The van der Waals surface area contributed by atoms with E-state index >= 15 is 0 Å². The van der Waals surface area contributed by atoms with Crippen molar-refractivity contribution in [1.29, 1.82) is 0 Å². The molecule has 1 unspecified atom stereocenters. The molecule has 6 nitrogen and oxygen atoms in total. The Hall–Kier alpha value is -2.21. The number of nitro groups is 1. The molecule has 0 amide bonds. The van der Waals surface area contributed by atoms with E-state index in [1.807, 2.05) is 12.1 Å². The van der Waals surface area contributed by atoms with Crippen LogP contribution in [0.15, 0.2) is 30.3 Å². The first-order valence-corrected chi connectivity index (χ1v) is 7.05. The largest absolute Gasteiger partial charge is 0.363 e. The number of nitrogens with zero attached hydrogens (tertiary/aromatic N) is 2. The highest BCUT2D eigenvalue weighted by Crippen LogP contribution is 2.40. The van der Waals surface area contributed by atoms with Crippen LogP contribution in [0.25, 0.3) is 10.9 Å². The van der Waals surface area contributed by atoms with Crippen molar-refractivity contribution in [3.8, 4) is 0 Å². The highest BCUT2D eigenvalue weighted by Gasteiger charge is 2.40. The fourth-order valence-corrected chi connectivity index (χ4v) is 2.63. The number of hydrogen-bond acceptors (Lipinski definition) is 5. The molecule has 0 spiro atoms. The Bertz CT molecular complexity index is 699. The molecule has 1 aromatic heterocycles. The third kappa shape index (κ3) is 2.67. The molecule has 2 aromatic rings. The maximum absolute atomic E-state index is 10.8. The summed E-state index contributed by atoms with van der Waals surface area (Å²) >= 11 is 0. The number of nitro benzene ring substituents is 1. The average molecular weight is 286 g/mol. The molecule has 110 valence electrons. The Kier molecular flexibility index (Phi) is 3.25. The van der Waals surface area contributed by atoms with Gasteiger partial charge in [-0.2, -0.15) is 0 Å². The normalized spacial score (nSPS) is 17.4. The third-order valence-electron chi connectivity index (χ3n) is 4.20. The van der Waals surface area contributed by atoms with E-state index in [2.05, 4.69) is 17.2 Å². The zero-order valence-electron chi connectivity index (χ0n) is 11.9. The van der Waals surface area contributed by atoms with Gasteiger partial charge < -0.3 is 11.1 Å². The zero-order chi connectivity index (χ0) is 15.0. The number of hydrogen-bond donors (Lipinski definition) is 2. The van der Waals surface area contributed by atoms with Crippen molar-refractivity contribution in [2.75, 3.05) is 11.9 Å². The maximum atomic E-state index is 10.8. The molecule has 1 atom stereocenters. The molecule has 1 saturated carbocycles. The van der Waals surface area contributed by atoms with Gasteiger partial charge in [0.25, 0.3) is 5.69 Å². The Morgan fingerprint density at radius 1 is 1.43 bits per heavy atom. The first-order valence-electron chi connectivity index (χ1n) is 7.05. The van der Waals surface area contributed by atoms with E-state index in [-0.39, 0.29) is 11.2 Å². The van der Waals surface area contributed by atoms with Crippen LogP contribution < -0.4 is 11.1 Å². The van der Waals surface area contributed by atoms with Crippen LogP contribution in [0.1, 0.15) is 19.8 Å². The standard InChI is InChI=1S/C15H18N4O2/c1-15(9-16,11-3-4-11)18-14-7-2-10-8-12(19(20)21)5-6-13(10)17-14/h2,5-8,11H,3-4,9,16H2,1H3,(H,17,18). The van der Waals surface area contributed by atoms with Crippen LogP contribution in [-0.2, 0) is 0 Å². The van der Waals surface area contributed by atoms with E-state index < -0.39 is 4.92 Å². The molecule has 1 aromatic carbocycles. The van der Waals surface area contributed by atoms with Crippen molar-refractivity contribution in [3.63, 3.8) is 0 Å². The predicted molar refractivity (Wildman–Crippen MR) is 82.2 cm³/mol. The fourth-order valence-electron chi connectivity index (χ4n) is 2.63. The highest BCUT2D eigenvalue weighted by atomic mass is 16.6. The van der Waals surface area contributed by atoms with Crippen LogP contribution >= 0.6 is 0 Å². The lowest BCUT2D eigenvalue weighted by Gasteiger charge is -2.30. The molecule has 0 aliphatic heterocycles. The molecular formula is C15H18N4O2. The number of fused-ring (bicyclic) bond motifs is 1. The lowest BCUT2D eigenvalue weighted by atomic mass is 9.96. The minimum atomic E-state index is -0.399. The Balaban J connectivity index is 1.90. The van der Waals surface area contributed by atoms with Crippen LogP contribution in [0.2, 0.25) is 0 Å². The summed E-state index contributed by atoms with van der Waals surface area (Å²) in [5.41, 5.74) is 6.57. The number of nitrogens with two attached hydrogens (primary N) is 1. The lowest BCUT2D eigenvalue weighted by Crippen LogP contribution is -2.44. The van der Waals surface area contributed by atoms with Crippen LogP contribution in [0, 0.1) is 16.0 Å². The minimum absolute atomic E-state index is 0.0785. The predicted octanol–water partition coefficient (Wildman–Crippen LogP) is 2.68. The molecule has 0 saturated heterocycles. The molecular weight excluding hydrogens is 268 g/mol. The summed E-state index contributed by atoms with van der Waals surface area (Å²) in [5, 5.41) is 15.0. The van der Waals surface area contributed by atoms with E-state index in [1.165, 1.54) is 25.0 Å². The van der Waals surface area contributed by atoms with Crippen molar-refractivity contribution in [2.24, 2.45) is 11.7 Å². The summed E-state index contributed by atoms with van der Waals surface area (Å²) < 4.78 is 0. The van der Waals surface area contributed by atoms with E-state index in [0.717, 1.165) is 16.7 Å². The molecule has 3 N–H and O–H groups in total. The number of anilines is 1. The summed E-state index contributed by atoms with van der Waals surface area (Å²) in [4.78, 5) is 14.9. The van der Waals surface area contributed by atoms with Gasteiger partial charge >= 0.3 is 0 Å². The Morgan fingerprint density at radius 2 is 2.19 bits per heavy atom. The van der Waals surface area contributed by atoms with E-state index in [9.17, 15) is 10.1 Å². The Morgan fingerprint density at radius 3 is 2.81 bits per heavy atom. The third-order valence-corrected chi connectivity index (χ3v) is 4.20. The zero-order valence-corrected chi connectivity index (χ0v) is 11.9. The summed E-state index contributed by atoms with van der Waals surface area (Å²) in [6.07, 6.45) is 2.39. The van der Waals surface area contributed by atoms with E-state index in [1.54, 1.807) is 6.07 Å². The fraction of sp³-hybridized carbons (Fsp3) is 0.400. The molecule has 0 bridgehead atoms. The van der Waals surface area contributed by atoms with Crippen LogP contribution in [0.3, 0.4) is 0 Å². The maximum Gasteiger partial charge on any atom is 0.270 e. The van der Waals surface area contributed by atoms with Crippen molar-refractivity contribution in [3.05, 3.63) is 40.4 Å². The van der Waals surface area contributed by atoms with Gasteiger partial charge in [-0.05, 0) is 43.9 Å². The van der Waals surface area contributed by atoms with Gasteiger partial charge in [-0.25, -0.2) is 4.98 Å². The summed E-state index contributed by atoms with van der Waals surface area (Å²) in [5.74, 6) is 1.35. The molecule has 3 rings (SSSR count). The first-order chi connectivity index (χ1) is 10.0. The lowest BCUT2D eigenvalue weighted by molar-refractivity contribution is -0.384. The van der Waals surface area contributed by atoms with E-state index in [4.69, 9.17) is 5.73 Å². The number of nitrogens with one attached hydrogen (secondary N) is 1. The number of rotatable bonds is 5. The van der Waals surface area contributed by atoms with Gasteiger partial charge in [0, 0.05) is 24.1 Å². The second-order valence-corrected chi connectivity index (χ2v) is 5.85. The Labute approximate surface area is 122 Å². The molecule has 21 heavy (non-hydrogen) atoms. The number of non-ortho nitro benzene ring substituents is 1. The highest BCUT2D eigenvalue weighted by molar-refractivity contribution is 5.82. The van der Waals surface area contributed by atoms with Gasteiger partial charge in [-0.1, -0.05) is 0 Å². The topological polar surface area (TPSA) is 94.1 Å². The van der Waals surface area contributed by atoms with Crippen LogP contribution in [0.4, 0.5) is 11.5 Å². The molecule has 1 aliphatic rings. The van der Waals surface area contributed by atoms with E-state index in [0.29, 0.717) is 12.5 Å². The molecule has 1 fully saturated rings. The van der Waals surface area contributed by atoms with Gasteiger partial charge in [-0.15, -0.1) is 0 Å². The van der Waals surface area contributed by atoms with Crippen molar-refractivity contribution < 1.29 is 4.92 Å². The van der Waals surface area contributed by atoms with Gasteiger partial charge in [0.1, 0.15) is 5.82 Å². The monoisotopic (exact) mass is 286 g/mol. The number of benzene rings is 1. The number of pyridine rings is 1. The molecule has 0 radical (unpaired) electrons. The van der Waals surface area contributed by atoms with Gasteiger partial charge in [-0.3, -0.25) is 10.1 Å². The van der Waals surface area contributed by atoms with Gasteiger partial charge in [0.15, 0.2) is 0 Å². The molecule has 6 heteroatoms. The minimum Gasteiger partial charge on any atom is -0.363 e. The van der Waals surface area contributed by atoms with Crippen molar-refractivity contribution >= 4 is 22.4 Å². The van der Waals surface area contributed by atoms with Crippen molar-refractivity contribution in [2.45, 2.75) is 25.3 Å². The van der Waals surface area contributed by atoms with Crippen LogP contribution in [-0.4, -0.2) is 22.0 Å². The quantitative estimate of drug-likeness (QED) is 0.651. The van der Waals surface area contributed by atoms with Crippen LogP contribution in [0.5, 0.6) is 0 Å². The van der Waals surface area contributed by atoms with Crippen molar-refractivity contribution in [1.82, 2.24) is 4.98 Å². The van der Waals surface area contributed by atoms with Gasteiger partial charge in [0.05, 0.1) is 16.0 Å². The smallest absolute Gasteiger partial charge is 0.270 e. The summed E-state index contributed by atoms with van der Waals surface area (Å²) in [6, 6.07) is 8.39. The first kappa shape index (κ1) is 13.8. The second-order valence-electron chi connectivity index (χ2n) is 5.85.